The summed E-state index contributed by atoms with van der Waals surface area (Å²) in [4.78, 5) is 1.51. The molecule has 1 aromatic carbocycles. The number of epoxide rings is 1. The van der Waals surface area contributed by atoms with Gasteiger partial charge in [-0.15, -0.1) is 11.8 Å². The SMILES string of the molecule is CC(C)c1cc(C(C)C)c(SCC2CO2)c(C(C)C)c1. The van der Waals surface area contributed by atoms with Crippen LogP contribution in [-0.2, 0) is 4.74 Å². The van der Waals surface area contributed by atoms with Gasteiger partial charge in [0.1, 0.15) is 0 Å². The first-order valence-electron chi connectivity index (χ1n) is 7.82. The van der Waals surface area contributed by atoms with Gasteiger partial charge in [-0.1, -0.05) is 53.7 Å². The van der Waals surface area contributed by atoms with E-state index in [0.717, 1.165) is 12.4 Å². The highest BCUT2D eigenvalue weighted by atomic mass is 32.2. The van der Waals surface area contributed by atoms with Crippen LogP contribution in [0.3, 0.4) is 0 Å². The summed E-state index contributed by atoms with van der Waals surface area (Å²) in [6.07, 6.45) is 0.491. The summed E-state index contributed by atoms with van der Waals surface area (Å²) in [7, 11) is 0. The Bertz CT molecular complexity index is 429. The van der Waals surface area contributed by atoms with Crippen molar-refractivity contribution in [1.29, 1.82) is 0 Å². The van der Waals surface area contributed by atoms with Crippen LogP contribution in [0.1, 0.15) is 76.0 Å². The Morgan fingerprint density at radius 1 is 1.00 bits per heavy atom. The van der Waals surface area contributed by atoms with E-state index in [4.69, 9.17) is 4.74 Å². The molecule has 0 aliphatic carbocycles. The van der Waals surface area contributed by atoms with Crippen molar-refractivity contribution in [2.24, 2.45) is 0 Å². The molecule has 0 radical (unpaired) electrons. The molecule has 2 heteroatoms. The summed E-state index contributed by atoms with van der Waals surface area (Å²) in [6, 6.07) is 4.86. The van der Waals surface area contributed by atoms with Gasteiger partial charge in [-0.3, -0.25) is 0 Å². The summed E-state index contributed by atoms with van der Waals surface area (Å²) in [5.41, 5.74) is 4.51. The summed E-state index contributed by atoms with van der Waals surface area (Å²) < 4.78 is 5.37. The Labute approximate surface area is 128 Å². The molecule has 1 nitrogen and oxygen atoms in total. The van der Waals surface area contributed by atoms with Gasteiger partial charge in [-0.25, -0.2) is 0 Å². The molecule has 1 aliphatic heterocycles. The predicted octanol–water partition coefficient (Wildman–Crippen LogP) is 5.55. The van der Waals surface area contributed by atoms with E-state index in [2.05, 4.69) is 53.7 Å². The second-order valence-electron chi connectivity index (χ2n) is 6.76. The average Bonchev–Trinajstić information content (AvgIpc) is 3.18. The van der Waals surface area contributed by atoms with E-state index in [1.807, 2.05) is 11.8 Å². The fraction of sp³-hybridized carbons (Fsp3) is 0.667. The van der Waals surface area contributed by atoms with Crippen LogP contribution >= 0.6 is 11.8 Å². The second-order valence-corrected chi connectivity index (χ2v) is 7.79. The first-order chi connectivity index (χ1) is 9.40. The third kappa shape index (κ3) is 3.79. The van der Waals surface area contributed by atoms with Crippen molar-refractivity contribution in [2.45, 2.75) is 70.3 Å². The van der Waals surface area contributed by atoms with Gasteiger partial charge in [-0.05, 0) is 34.4 Å². The minimum absolute atomic E-state index is 0.491. The van der Waals surface area contributed by atoms with Crippen molar-refractivity contribution in [3.63, 3.8) is 0 Å². The molecular weight excluding hydrogens is 264 g/mol. The molecule has 0 aromatic heterocycles. The van der Waals surface area contributed by atoms with Gasteiger partial charge < -0.3 is 4.74 Å². The lowest BCUT2D eigenvalue weighted by atomic mass is 9.89. The standard InChI is InChI=1S/C18H28OS/c1-11(2)14-7-16(12(3)4)18(17(8-14)13(5)6)20-10-15-9-19-15/h7-8,11-13,15H,9-10H2,1-6H3. The maximum Gasteiger partial charge on any atom is 0.0903 e. The highest BCUT2D eigenvalue weighted by Crippen LogP contribution is 2.39. The van der Waals surface area contributed by atoms with Crippen LogP contribution in [-0.4, -0.2) is 18.5 Å². The fourth-order valence-corrected chi connectivity index (χ4v) is 3.86. The average molecular weight is 292 g/mol. The topological polar surface area (TPSA) is 12.5 Å². The quantitative estimate of drug-likeness (QED) is 0.503. The van der Waals surface area contributed by atoms with Gasteiger partial charge >= 0.3 is 0 Å². The highest BCUT2D eigenvalue weighted by Gasteiger charge is 2.24. The van der Waals surface area contributed by atoms with E-state index in [9.17, 15) is 0 Å². The monoisotopic (exact) mass is 292 g/mol. The van der Waals surface area contributed by atoms with Crippen LogP contribution in [0.4, 0.5) is 0 Å². The molecule has 1 unspecified atom stereocenters. The Kier molecular flexibility index (Phi) is 5.19. The maximum absolute atomic E-state index is 5.37. The molecular formula is C18H28OS. The van der Waals surface area contributed by atoms with Crippen molar-refractivity contribution in [3.8, 4) is 0 Å². The van der Waals surface area contributed by atoms with Gasteiger partial charge in [-0.2, -0.15) is 0 Å². The van der Waals surface area contributed by atoms with Crippen molar-refractivity contribution < 1.29 is 4.74 Å². The van der Waals surface area contributed by atoms with Crippen molar-refractivity contribution in [1.82, 2.24) is 0 Å². The fourth-order valence-electron chi connectivity index (χ4n) is 2.40. The van der Waals surface area contributed by atoms with Crippen molar-refractivity contribution >= 4 is 11.8 Å². The Hall–Kier alpha value is -0.470. The van der Waals surface area contributed by atoms with E-state index in [1.165, 1.54) is 21.6 Å². The maximum atomic E-state index is 5.37. The molecule has 1 atom stereocenters. The first-order valence-corrected chi connectivity index (χ1v) is 8.80. The van der Waals surface area contributed by atoms with Crippen molar-refractivity contribution in [2.75, 3.05) is 12.4 Å². The Balaban J connectivity index is 2.41. The lowest BCUT2D eigenvalue weighted by molar-refractivity contribution is 0.426. The minimum atomic E-state index is 0.491. The van der Waals surface area contributed by atoms with E-state index in [-0.39, 0.29) is 0 Å². The molecule has 0 N–H and O–H groups in total. The summed E-state index contributed by atoms with van der Waals surface area (Å²) >= 11 is 2.00. The molecule has 20 heavy (non-hydrogen) atoms. The number of hydrogen-bond acceptors (Lipinski definition) is 2. The molecule has 1 saturated heterocycles. The third-order valence-corrected chi connectivity index (χ3v) is 5.19. The van der Waals surface area contributed by atoms with Gasteiger partial charge in [0.15, 0.2) is 0 Å². The van der Waals surface area contributed by atoms with Gasteiger partial charge in [0.25, 0.3) is 0 Å². The zero-order chi connectivity index (χ0) is 14.9. The number of thioether (sulfide) groups is 1. The highest BCUT2D eigenvalue weighted by molar-refractivity contribution is 7.99. The predicted molar refractivity (Wildman–Crippen MR) is 89.2 cm³/mol. The van der Waals surface area contributed by atoms with Crippen LogP contribution in [0.15, 0.2) is 17.0 Å². The summed E-state index contributed by atoms with van der Waals surface area (Å²) in [5, 5.41) is 0. The minimum Gasteiger partial charge on any atom is -0.372 e. The zero-order valence-electron chi connectivity index (χ0n) is 13.7. The summed E-state index contributed by atoms with van der Waals surface area (Å²) in [5.74, 6) is 2.85. The Morgan fingerprint density at radius 3 is 1.85 bits per heavy atom. The van der Waals surface area contributed by atoms with E-state index in [1.54, 1.807) is 0 Å². The summed E-state index contributed by atoms with van der Waals surface area (Å²) in [6.45, 7) is 14.7. The van der Waals surface area contributed by atoms with E-state index >= 15 is 0 Å². The van der Waals surface area contributed by atoms with Gasteiger partial charge in [0.2, 0.25) is 0 Å². The van der Waals surface area contributed by atoms with E-state index < -0.39 is 0 Å². The third-order valence-electron chi connectivity index (χ3n) is 3.90. The molecule has 0 saturated carbocycles. The van der Waals surface area contributed by atoms with Gasteiger partial charge in [0.05, 0.1) is 12.7 Å². The number of benzene rings is 1. The number of rotatable bonds is 6. The molecule has 1 aromatic rings. The molecule has 2 rings (SSSR count). The largest absolute Gasteiger partial charge is 0.372 e. The molecule has 0 amide bonds. The molecule has 0 bridgehead atoms. The lowest BCUT2D eigenvalue weighted by Gasteiger charge is -2.22. The van der Waals surface area contributed by atoms with Crippen LogP contribution < -0.4 is 0 Å². The molecule has 112 valence electrons. The van der Waals surface area contributed by atoms with Crippen LogP contribution in [0.5, 0.6) is 0 Å². The van der Waals surface area contributed by atoms with Gasteiger partial charge in [0, 0.05) is 10.6 Å². The number of hydrogen-bond donors (Lipinski definition) is 0. The number of ether oxygens (including phenoxy) is 1. The zero-order valence-corrected chi connectivity index (χ0v) is 14.5. The van der Waals surface area contributed by atoms with Crippen LogP contribution in [0.25, 0.3) is 0 Å². The van der Waals surface area contributed by atoms with E-state index in [0.29, 0.717) is 23.9 Å². The molecule has 0 spiro atoms. The molecule has 1 heterocycles. The van der Waals surface area contributed by atoms with Crippen LogP contribution in [0, 0.1) is 0 Å². The lowest BCUT2D eigenvalue weighted by Crippen LogP contribution is -2.04. The second kappa shape index (κ2) is 6.53. The first kappa shape index (κ1) is 15.9. The Morgan fingerprint density at radius 2 is 1.50 bits per heavy atom. The molecule has 1 fully saturated rings. The smallest absolute Gasteiger partial charge is 0.0903 e. The van der Waals surface area contributed by atoms with Crippen LogP contribution in [0.2, 0.25) is 0 Å². The molecule has 1 aliphatic rings. The normalized spacial score (nSPS) is 18.4. The van der Waals surface area contributed by atoms with Crippen molar-refractivity contribution in [3.05, 3.63) is 28.8 Å².